The first-order valence-corrected chi connectivity index (χ1v) is 7.19. The largest absolute Gasteiger partial charge is 0.505 e. The van der Waals surface area contributed by atoms with Gasteiger partial charge in [-0.25, -0.2) is 14.4 Å². The van der Waals surface area contributed by atoms with Crippen molar-refractivity contribution in [1.29, 1.82) is 0 Å². The summed E-state index contributed by atoms with van der Waals surface area (Å²) < 4.78 is 14.2. The van der Waals surface area contributed by atoms with Crippen LogP contribution in [-0.2, 0) is 6.42 Å². The Balaban J connectivity index is 2.52. The van der Waals surface area contributed by atoms with Crippen LogP contribution in [-0.4, -0.2) is 15.1 Å². The number of aromatic nitrogens is 2. The van der Waals surface area contributed by atoms with Crippen LogP contribution in [0.4, 0.5) is 4.39 Å². The van der Waals surface area contributed by atoms with Crippen LogP contribution >= 0.6 is 34.2 Å². The van der Waals surface area contributed by atoms with Gasteiger partial charge in [-0.05, 0) is 47.2 Å². The van der Waals surface area contributed by atoms with E-state index in [1.165, 1.54) is 12.1 Å². The van der Waals surface area contributed by atoms with E-state index in [0.717, 1.165) is 22.1 Å². The third-order valence-electron chi connectivity index (χ3n) is 2.57. The second-order valence-electron chi connectivity index (χ2n) is 4.01. The van der Waals surface area contributed by atoms with Crippen LogP contribution in [0.15, 0.2) is 18.2 Å². The molecule has 0 radical (unpaired) electrons. The fraction of sp³-hybridized carbons (Fsp3) is 0.231. The number of nitrogens with zero attached hydrogens (tertiary/aromatic N) is 2. The number of phenols is 1. The zero-order valence-electron chi connectivity index (χ0n) is 10.1. The van der Waals surface area contributed by atoms with Crippen LogP contribution in [0.1, 0.15) is 19.0 Å². The third-order valence-corrected chi connectivity index (χ3v) is 4.30. The Morgan fingerprint density at radius 3 is 2.74 bits per heavy atom. The predicted octanol–water partition coefficient (Wildman–Crippen LogP) is 4.20. The molecule has 1 aromatic heterocycles. The van der Waals surface area contributed by atoms with Gasteiger partial charge in [0.15, 0.2) is 17.4 Å². The number of rotatable bonds is 3. The maximum absolute atomic E-state index is 13.4. The average molecular weight is 393 g/mol. The van der Waals surface area contributed by atoms with Crippen LogP contribution in [0, 0.1) is 9.39 Å². The molecule has 0 spiro atoms. The van der Waals surface area contributed by atoms with E-state index in [1.54, 1.807) is 6.07 Å². The molecular weight excluding hydrogens is 382 g/mol. The lowest BCUT2D eigenvalue weighted by atomic mass is 10.2. The summed E-state index contributed by atoms with van der Waals surface area (Å²) in [6.45, 7) is 2.05. The first-order chi connectivity index (χ1) is 9.02. The van der Waals surface area contributed by atoms with E-state index >= 15 is 0 Å². The zero-order chi connectivity index (χ0) is 14.0. The number of halogens is 3. The molecule has 0 unspecified atom stereocenters. The number of aryl methyl sites for hydroxylation is 1. The van der Waals surface area contributed by atoms with Crippen molar-refractivity contribution >= 4 is 34.2 Å². The highest BCUT2D eigenvalue weighted by molar-refractivity contribution is 14.1. The van der Waals surface area contributed by atoms with E-state index in [1.807, 2.05) is 6.92 Å². The van der Waals surface area contributed by atoms with E-state index in [2.05, 4.69) is 32.6 Å². The molecule has 0 bridgehead atoms. The molecule has 2 aromatic rings. The fourth-order valence-corrected chi connectivity index (χ4v) is 2.34. The molecule has 0 atom stereocenters. The summed E-state index contributed by atoms with van der Waals surface area (Å²) in [4.78, 5) is 8.57. The van der Waals surface area contributed by atoms with Gasteiger partial charge < -0.3 is 5.11 Å². The molecule has 2 rings (SSSR count). The molecule has 1 N–H and O–H groups in total. The van der Waals surface area contributed by atoms with Crippen molar-refractivity contribution < 1.29 is 9.50 Å². The Bertz CT molecular complexity index is 622. The van der Waals surface area contributed by atoms with Crippen molar-refractivity contribution in [2.45, 2.75) is 19.8 Å². The zero-order valence-corrected chi connectivity index (χ0v) is 13.0. The molecule has 0 aliphatic heterocycles. The highest BCUT2D eigenvalue weighted by atomic mass is 127. The summed E-state index contributed by atoms with van der Waals surface area (Å²) in [5, 5.41) is 9.55. The summed E-state index contributed by atoms with van der Waals surface area (Å²) in [6.07, 6.45) is 1.72. The lowest BCUT2D eigenvalue weighted by molar-refractivity contribution is 0.432. The van der Waals surface area contributed by atoms with Gasteiger partial charge in [-0.15, -0.1) is 0 Å². The topological polar surface area (TPSA) is 46.0 Å². The van der Waals surface area contributed by atoms with Crippen LogP contribution in [0.5, 0.6) is 5.75 Å². The van der Waals surface area contributed by atoms with Gasteiger partial charge in [0.05, 0.1) is 9.26 Å². The highest BCUT2D eigenvalue weighted by Gasteiger charge is 2.13. The second-order valence-corrected chi connectivity index (χ2v) is 5.45. The smallest absolute Gasteiger partial charge is 0.165 e. The summed E-state index contributed by atoms with van der Waals surface area (Å²) in [5.74, 6) is -0.727. The van der Waals surface area contributed by atoms with Crippen molar-refractivity contribution in [2.75, 3.05) is 0 Å². The number of benzene rings is 1. The molecular formula is C13H11ClFIN2O. The maximum atomic E-state index is 13.4. The minimum atomic E-state index is -0.701. The van der Waals surface area contributed by atoms with Crippen molar-refractivity contribution in [3.05, 3.63) is 38.4 Å². The first kappa shape index (κ1) is 14.5. The number of hydrogen-bond acceptors (Lipinski definition) is 3. The Labute approximate surface area is 129 Å². The van der Waals surface area contributed by atoms with Crippen LogP contribution in [0.3, 0.4) is 0 Å². The van der Waals surface area contributed by atoms with E-state index in [4.69, 9.17) is 11.6 Å². The van der Waals surface area contributed by atoms with Crippen LogP contribution in [0.25, 0.3) is 11.4 Å². The van der Waals surface area contributed by atoms with Gasteiger partial charge in [-0.2, -0.15) is 0 Å². The lowest BCUT2D eigenvalue weighted by Gasteiger charge is -2.08. The van der Waals surface area contributed by atoms with Gasteiger partial charge in [0.25, 0.3) is 0 Å². The van der Waals surface area contributed by atoms with Crippen molar-refractivity contribution in [1.82, 2.24) is 9.97 Å². The van der Waals surface area contributed by atoms with Gasteiger partial charge in [0.1, 0.15) is 5.15 Å². The van der Waals surface area contributed by atoms with Crippen molar-refractivity contribution in [3.63, 3.8) is 0 Å². The molecule has 6 heteroatoms. The van der Waals surface area contributed by atoms with E-state index in [9.17, 15) is 9.50 Å². The number of hydrogen-bond donors (Lipinski definition) is 1. The molecule has 1 aromatic carbocycles. The average Bonchev–Trinajstić information content (AvgIpc) is 2.38. The first-order valence-electron chi connectivity index (χ1n) is 5.73. The van der Waals surface area contributed by atoms with E-state index < -0.39 is 11.6 Å². The molecule has 0 fully saturated rings. The third kappa shape index (κ3) is 3.14. The molecule has 0 saturated heterocycles. The van der Waals surface area contributed by atoms with Gasteiger partial charge in [0.2, 0.25) is 0 Å². The van der Waals surface area contributed by atoms with Crippen LogP contribution < -0.4 is 0 Å². The normalized spacial score (nSPS) is 10.7. The van der Waals surface area contributed by atoms with E-state index in [-0.39, 0.29) is 0 Å². The lowest BCUT2D eigenvalue weighted by Crippen LogP contribution is -2.00. The number of phenolic OH excluding ortho intramolecular Hbond substituents is 1. The summed E-state index contributed by atoms with van der Waals surface area (Å²) in [7, 11) is 0. The maximum Gasteiger partial charge on any atom is 0.165 e. The summed E-state index contributed by atoms with van der Waals surface area (Å²) >= 11 is 8.18. The van der Waals surface area contributed by atoms with Gasteiger partial charge in [0, 0.05) is 5.56 Å². The standard InChI is InChI=1S/C13H11ClFIN2O/c1-2-3-9-11(16)12(14)18-13(17-9)7-4-5-10(19)8(15)6-7/h4-6,19H,2-3H2,1H3. The fourth-order valence-electron chi connectivity index (χ4n) is 1.64. The highest BCUT2D eigenvalue weighted by Crippen LogP contribution is 2.27. The SMILES string of the molecule is CCCc1nc(-c2ccc(O)c(F)c2)nc(Cl)c1I. The molecule has 19 heavy (non-hydrogen) atoms. The molecule has 0 amide bonds. The molecule has 0 aliphatic rings. The molecule has 1 heterocycles. The monoisotopic (exact) mass is 392 g/mol. The Hall–Kier alpha value is -0.950. The molecule has 0 aliphatic carbocycles. The molecule has 100 valence electrons. The molecule has 3 nitrogen and oxygen atoms in total. The van der Waals surface area contributed by atoms with Gasteiger partial charge in [-0.1, -0.05) is 24.9 Å². The summed E-state index contributed by atoms with van der Waals surface area (Å²) in [5.41, 5.74) is 1.34. The minimum absolute atomic E-state index is 0.363. The van der Waals surface area contributed by atoms with Gasteiger partial charge in [-0.3, -0.25) is 0 Å². The quantitative estimate of drug-likeness (QED) is 0.629. The minimum Gasteiger partial charge on any atom is -0.505 e. The van der Waals surface area contributed by atoms with Crippen LogP contribution in [0.2, 0.25) is 5.15 Å². The predicted molar refractivity (Wildman–Crippen MR) is 80.8 cm³/mol. The van der Waals surface area contributed by atoms with Crippen molar-refractivity contribution in [3.8, 4) is 17.1 Å². The Morgan fingerprint density at radius 1 is 1.37 bits per heavy atom. The van der Waals surface area contributed by atoms with Gasteiger partial charge >= 0.3 is 0 Å². The Morgan fingerprint density at radius 2 is 2.11 bits per heavy atom. The number of aromatic hydroxyl groups is 1. The second kappa shape index (κ2) is 6.00. The van der Waals surface area contributed by atoms with E-state index in [0.29, 0.717) is 16.5 Å². The molecule has 0 saturated carbocycles. The summed E-state index contributed by atoms with van der Waals surface area (Å²) in [6, 6.07) is 4.04. The Kier molecular flexibility index (Phi) is 4.57. The van der Waals surface area contributed by atoms with Crippen molar-refractivity contribution in [2.24, 2.45) is 0 Å².